The van der Waals surface area contributed by atoms with E-state index in [1.165, 1.54) is 0 Å². The molecule has 1 aromatic heterocycles. The SMILES string of the molecule is CNCCN(C)C(=O)c1nc(C2CC2)n(-c2ccccc2Cl)n1. The monoisotopic (exact) mass is 333 g/mol. The standard InChI is InChI=1S/C16H20ClN5O/c1-18-9-10-21(2)16(23)14-19-15(11-7-8-11)22(20-14)13-6-4-3-5-12(13)17/h3-6,11,18H,7-10H2,1-2H3. The summed E-state index contributed by atoms with van der Waals surface area (Å²) in [4.78, 5) is 18.6. The first-order valence-electron chi connectivity index (χ1n) is 7.73. The van der Waals surface area contributed by atoms with Crippen LogP contribution in [0.3, 0.4) is 0 Å². The summed E-state index contributed by atoms with van der Waals surface area (Å²) < 4.78 is 1.72. The molecule has 1 amide bonds. The van der Waals surface area contributed by atoms with E-state index >= 15 is 0 Å². The Morgan fingerprint density at radius 3 is 2.83 bits per heavy atom. The molecule has 1 N–H and O–H groups in total. The Kier molecular flexibility index (Phi) is 4.63. The van der Waals surface area contributed by atoms with Crippen LogP contribution in [0, 0.1) is 0 Å². The minimum Gasteiger partial charge on any atom is -0.338 e. The number of nitrogens with zero attached hydrogens (tertiary/aromatic N) is 4. The van der Waals surface area contributed by atoms with Gasteiger partial charge in [-0.05, 0) is 32.0 Å². The summed E-state index contributed by atoms with van der Waals surface area (Å²) in [5, 5.41) is 8.07. The van der Waals surface area contributed by atoms with Crippen molar-refractivity contribution in [2.45, 2.75) is 18.8 Å². The van der Waals surface area contributed by atoms with Crippen LogP contribution in [-0.4, -0.2) is 52.8 Å². The van der Waals surface area contributed by atoms with Crippen molar-refractivity contribution in [2.24, 2.45) is 0 Å². The van der Waals surface area contributed by atoms with E-state index in [0.29, 0.717) is 17.5 Å². The Balaban J connectivity index is 1.93. The number of nitrogens with one attached hydrogen (secondary N) is 1. The topological polar surface area (TPSA) is 63.1 Å². The van der Waals surface area contributed by atoms with Gasteiger partial charge in [0.05, 0.1) is 10.7 Å². The van der Waals surface area contributed by atoms with Gasteiger partial charge in [0.1, 0.15) is 5.82 Å². The average molecular weight is 334 g/mol. The molecule has 7 heteroatoms. The fourth-order valence-electron chi connectivity index (χ4n) is 2.37. The van der Waals surface area contributed by atoms with Crippen molar-refractivity contribution in [3.05, 3.63) is 40.9 Å². The summed E-state index contributed by atoms with van der Waals surface area (Å²) in [6.07, 6.45) is 2.15. The second-order valence-corrected chi connectivity index (χ2v) is 6.17. The summed E-state index contributed by atoms with van der Waals surface area (Å²) in [5.41, 5.74) is 0.764. The highest BCUT2D eigenvalue weighted by Gasteiger charge is 2.32. The fourth-order valence-corrected chi connectivity index (χ4v) is 2.59. The zero-order valence-electron chi connectivity index (χ0n) is 13.3. The average Bonchev–Trinajstić information content (AvgIpc) is 3.31. The molecule has 0 radical (unpaired) electrons. The van der Waals surface area contributed by atoms with E-state index in [1.807, 2.05) is 31.3 Å². The minimum atomic E-state index is -0.173. The van der Waals surface area contributed by atoms with Crippen LogP contribution in [0.25, 0.3) is 5.69 Å². The van der Waals surface area contributed by atoms with Gasteiger partial charge in [0, 0.05) is 26.1 Å². The van der Waals surface area contributed by atoms with Crippen LogP contribution in [0.5, 0.6) is 0 Å². The van der Waals surface area contributed by atoms with E-state index in [2.05, 4.69) is 15.4 Å². The van der Waals surface area contributed by atoms with Gasteiger partial charge in [0.15, 0.2) is 0 Å². The third-order valence-corrected chi connectivity index (χ3v) is 4.21. The predicted octanol–water partition coefficient (Wildman–Crippen LogP) is 2.09. The van der Waals surface area contributed by atoms with Crippen molar-refractivity contribution < 1.29 is 4.79 Å². The van der Waals surface area contributed by atoms with Crippen molar-refractivity contribution >= 4 is 17.5 Å². The van der Waals surface area contributed by atoms with Gasteiger partial charge in [-0.3, -0.25) is 4.79 Å². The summed E-state index contributed by atoms with van der Waals surface area (Å²) in [7, 11) is 3.61. The highest BCUT2D eigenvalue weighted by Crippen LogP contribution is 2.40. The van der Waals surface area contributed by atoms with Crippen molar-refractivity contribution in [2.75, 3.05) is 27.2 Å². The van der Waals surface area contributed by atoms with Gasteiger partial charge in [-0.1, -0.05) is 23.7 Å². The molecule has 23 heavy (non-hydrogen) atoms. The van der Waals surface area contributed by atoms with Crippen molar-refractivity contribution in [1.82, 2.24) is 25.0 Å². The number of hydrogen-bond donors (Lipinski definition) is 1. The lowest BCUT2D eigenvalue weighted by Gasteiger charge is -2.14. The largest absolute Gasteiger partial charge is 0.338 e. The van der Waals surface area contributed by atoms with Crippen molar-refractivity contribution in [1.29, 1.82) is 0 Å². The predicted molar refractivity (Wildman–Crippen MR) is 89.2 cm³/mol. The molecule has 0 unspecified atom stereocenters. The summed E-state index contributed by atoms with van der Waals surface area (Å²) in [6, 6.07) is 7.48. The number of carbonyl (C=O) groups is 1. The van der Waals surface area contributed by atoms with Crippen LogP contribution in [0.4, 0.5) is 0 Å². The first-order valence-corrected chi connectivity index (χ1v) is 8.11. The van der Waals surface area contributed by atoms with Crippen LogP contribution >= 0.6 is 11.6 Å². The fraction of sp³-hybridized carbons (Fsp3) is 0.438. The summed E-state index contributed by atoms with van der Waals surface area (Å²) >= 11 is 6.28. The van der Waals surface area contributed by atoms with Crippen molar-refractivity contribution in [3.8, 4) is 5.69 Å². The normalized spacial score (nSPS) is 14.0. The first-order chi connectivity index (χ1) is 11.1. The molecule has 1 aliphatic carbocycles. The molecule has 6 nitrogen and oxygen atoms in total. The van der Waals surface area contributed by atoms with E-state index in [-0.39, 0.29) is 11.7 Å². The third-order valence-electron chi connectivity index (χ3n) is 3.89. The number of amides is 1. The van der Waals surface area contributed by atoms with Gasteiger partial charge in [-0.2, -0.15) is 0 Å². The van der Waals surface area contributed by atoms with E-state index in [9.17, 15) is 4.79 Å². The number of aromatic nitrogens is 3. The van der Waals surface area contributed by atoms with Crippen LogP contribution in [0.15, 0.2) is 24.3 Å². The Morgan fingerprint density at radius 2 is 2.17 bits per heavy atom. The van der Waals surface area contributed by atoms with Gasteiger partial charge in [0.2, 0.25) is 5.82 Å². The Hall–Kier alpha value is -1.92. The molecule has 2 aromatic rings. The number of benzene rings is 1. The van der Waals surface area contributed by atoms with E-state index in [4.69, 9.17) is 11.6 Å². The molecule has 122 valence electrons. The Morgan fingerprint density at radius 1 is 1.43 bits per heavy atom. The molecule has 1 saturated carbocycles. The highest BCUT2D eigenvalue weighted by molar-refractivity contribution is 6.32. The smallest absolute Gasteiger partial charge is 0.293 e. The van der Waals surface area contributed by atoms with Gasteiger partial charge in [-0.25, -0.2) is 9.67 Å². The quantitative estimate of drug-likeness (QED) is 0.879. The van der Waals surface area contributed by atoms with Gasteiger partial charge in [0.25, 0.3) is 5.91 Å². The molecule has 0 saturated heterocycles. The van der Waals surface area contributed by atoms with Gasteiger partial charge >= 0.3 is 0 Å². The molecule has 0 atom stereocenters. The Bertz CT molecular complexity index is 710. The van der Waals surface area contributed by atoms with Crippen LogP contribution in [0.2, 0.25) is 5.02 Å². The van der Waals surface area contributed by atoms with Gasteiger partial charge < -0.3 is 10.2 Å². The second kappa shape index (κ2) is 6.68. The lowest BCUT2D eigenvalue weighted by Crippen LogP contribution is -2.33. The van der Waals surface area contributed by atoms with Crippen LogP contribution < -0.4 is 5.32 Å². The molecular weight excluding hydrogens is 314 g/mol. The van der Waals surface area contributed by atoms with Crippen LogP contribution in [-0.2, 0) is 0 Å². The van der Waals surface area contributed by atoms with Gasteiger partial charge in [-0.15, -0.1) is 5.10 Å². The molecule has 1 aliphatic rings. The number of halogens is 1. The molecule has 0 aliphatic heterocycles. The number of hydrogen-bond acceptors (Lipinski definition) is 4. The minimum absolute atomic E-state index is 0.173. The third kappa shape index (κ3) is 3.38. The van der Waals surface area contributed by atoms with E-state index in [1.54, 1.807) is 16.6 Å². The molecule has 0 bridgehead atoms. The summed E-state index contributed by atoms with van der Waals surface area (Å²) in [6.45, 7) is 1.33. The van der Waals surface area contributed by atoms with Crippen LogP contribution in [0.1, 0.15) is 35.2 Å². The summed E-state index contributed by atoms with van der Waals surface area (Å²) in [5.74, 6) is 1.24. The number of carbonyl (C=O) groups excluding carboxylic acids is 1. The molecule has 1 aromatic carbocycles. The first kappa shape index (κ1) is 16.0. The number of rotatable bonds is 6. The molecular formula is C16H20ClN5O. The molecule has 1 fully saturated rings. The van der Waals surface area contributed by atoms with E-state index in [0.717, 1.165) is 30.9 Å². The highest BCUT2D eigenvalue weighted by atomic mass is 35.5. The maximum atomic E-state index is 12.5. The number of para-hydroxylation sites is 1. The Labute approximate surface area is 140 Å². The maximum Gasteiger partial charge on any atom is 0.293 e. The molecule has 1 heterocycles. The second-order valence-electron chi connectivity index (χ2n) is 5.76. The van der Waals surface area contributed by atoms with Crippen molar-refractivity contribution in [3.63, 3.8) is 0 Å². The zero-order valence-corrected chi connectivity index (χ0v) is 14.0. The molecule has 0 spiro atoms. The molecule has 3 rings (SSSR count). The van der Waals surface area contributed by atoms with E-state index < -0.39 is 0 Å². The number of likely N-dealkylation sites (N-methyl/N-ethyl adjacent to an activating group) is 2. The lowest BCUT2D eigenvalue weighted by atomic mass is 10.3. The zero-order chi connectivity index (χ0) is 16.4. The lowest BCUT2D eigenvalue weighted by molar-refractivity contribution is 0.0785. The maximum absolute atomic E-state index is 12.5.